The minimum Gasteiger partial charge on any atom is -0.375 e. The Kier molecular flexibility index (Phi) is 6.94. The first-order chi connectivity index (χ1) is 17.9. The molecule has 1 aliphatic heterocycles. The van der Waals surface area contributed by atoms with Gasteiger partial charge in [-0.1, -0.05) is 55.8 Å². The third-order valence-electron chi connectivity index (χ3n) is 7.32. The van der Waals surface area contributed by atoms with Gasteiger partial charge in [0.2, 0.25) is 5.78 Å². The lowest BCUT2D eigenvalue weighted by molar-refractivity contribution is -0.0691. The molecule has 0 aliphatic carbocycles. The van der Waals surface area contributed by atoms with Crippen molar-refractivity contribution in [3.63, 3.8) is 0 Å². The van der Waals surface area contributed by atoms with Gasteiger partial charge in [0.1, 0.15) is 6.33 Å². The summed E-state index contributed by atoms with van der Waals surface area (Å²) in [6.07, 6.45) is 6.35. The molecule has 1 fully saturated rings. The van der Waals surface area contributed by atoms with Crippen LogP contribution in [-0.2, 0) is 17.6 Å². The predicted octanol–water partition coefficient (Wildman–Crippen LogP) is 5.49. The van der Waals surface area contributed by atoms with Gasteiger partial charge in [0.05, 0.1) is 22.9 Å². The van der Waals surface area contributed by atoms with E-state index in [1.165, 1.54) is 0 Å². The summed E-state index contributed by atoms with van der Waals surface area (Å²) < 4.78 is 9.68. The lowest BCUT2D eigenvalue weighted by Gasteiger charge is -2.36. The predicted molar refractivity (Wildman–Crippen MR) is 144 cm³/mol. The van der Waals surface area contributed by atoms with Gasteiger partial charge in [-0.3, -0.25) is 9.36 Å². The molecule has 0 N–H and O–H groups in total. The summed E-state index contributed by atoms with van der Waals surface area (Å²) in [4.78, 5) is 18.7. The second-order valence-electron chi connectivity index (χ2n) is 10.5. The fraction of sp³-hybridized carbons (Fsp3) is 0.400. The fourth-order valence-electron chi connectivity index (χ4n) is 5.44. The Morgan fingerprint density at radius 1 is 1.16 bits per heavy atom. The highest BCUT2D eigenvalue weighted by Crippen LogP contribution is 2.32. The van der Waals surface area contributed by atoms with Crippen LogP contribution in [-0.4, -0.2) is 31.4 Å². The molecule has 0 amide bonds. The van der Waals surface area contributed by atoms with E-state index in [0.717, 1.165) is 60.1 Å². The van der Waals surface area contributed by atoms with E-state index in [9.17, 15) is 10.1 Å². The van der Waals surface area contributed by atoms with Crippen molar-refractivity contribution in [2.24, 2.45) is 0 Å². The number of benzene rings is 2. The van der Waals surface area contributed by atoms with Gasteiger partial charge in [0.25, 0.3) is 5.56 Å². The number of rotatable bonds is 7. The number of unbranched alkanes of at least 4 members (excludes halogenated alkanes) is 1. The molecule has 2 aromatic carbocycles. The summed E-state index contributed by atoms with van der Waals surface area (Å²) in [5, 5.41) is 14.1. The second-order valence-corrected chi connectivity index (χ2v) is 10.5. The third-order valence-corrected chi connectivity index (χ3v) is 7.32. The average Bonchev–Trinajstić information content (AvgIpc) is 3.37. The highest BCUT2D eigenvalue weighted by Gasteiger charge is 2.33. The molecule has 190 valence electrons. The zero-order chi connectivity index (χ0) is 26.0. The van der Waals surface area contributed by atoms with Gasteiger partial charge in [0, 0.05) is 24.6 Å². The van der Waals surface area contributed by atoms with Gasteiger partial charge < -0.3 is 4.74 Å². The van der Waals surface area contributed by atoms with E-state index < -0.39 is 0 Å². The average molecular weight is 496 g/mol. The molecule has 0 saturated carbocycles. The first-order valence-corrected chi connectivity index (χ1v) is 13.1. The largest absolute Gasteiger partial charge is 0.375 e. The lowest BCUT2D eigenvalue weighted by atomic mass is 9.93. The van der Waals surface area contributed by atoms with E-state index in [0.29, 0.717) is 24.4 Å². The molecule has 1 saturated heterocycles. The highest BCUT2D eigenvalue weighted by molar-refractivity contribution is 5.70. The van der Waals surface area contributed by atoms with Crippen LogP contribution < -0.4 is 5.56 Å². The van der Waals surface area contributed by atoms with Crippen molar-refractivity contribution in [3.05, 3.63) is 87.6 Å². The van der Waals surface area contributed by atoms with Crippen molar-refractivity contribution >= 4 is 5.78 Å². The van der Waals surface area contributed by atoms with Crippen molar-refractivity contribution in [3.8, 4) is 17.2 Å². The van der Waals surface area contributed by atoms with E-state index >= 15 is 0 Å². The van der Waals surface area contributed by atoms with Crippen LogP contribution in [0.25, 0.3) is 16.9 Å². The smallest absolute Gasteiger partial charge is 0.259 e. The number of aromatic nitrogens is 4. The lowest BCUT2D eigenvalue weighted by Crippen LogP contribution is -2.40. The molecule has 1 aliphatic rings. The molecule has 7 heteroatoms. The number of hydrogen-bond acceptors (Lipinski definition) is 5. The molecule has 3 heterocycles. The number of hydrogen-bond donors (Lipinski definition) is 0. The SMILES string of the molecule is CCCCc1c(Cc2ccc(-c3ccccc3C#N)cc2)c(=O)n(C2CCOC(C)(C)C2)c2ncnn12. The molecule has 1 unspecified atom stereocenters. The second kappa shape index (κ2) is 10.3. The minimum atomic E-state index is -0.296. The zero-order valence-electron chi connectivity index (χ0n) is 21.8. The molecule has 7 nitrogen and oxygen atoms in total. The van der Waals surface area contributed by atoms with Crippen LogP contribution in [0.5, 0.6) is 0 Å². The highest BCUT2D eigenvalue weighted by atomic mass is 16.5. The minimum absolute atomic E-state index is 0.00628. The first-order valence-electron chi connectivity index (χ1n) is 13.1. The van der Waals surface area contributed by atoms with Crippen molar-refractivity contribution in [1.82, 2.24) is 19.2 Å². The Balaban J connectivity index is 1.58. The van der Waals surface area contributed by atoms with Crippen LogP contribution in [0, 0.1) is 11.3 Å². The van der Waals surface area contributed by atoms with Crippen LogP contribution in [0.2, 0.25) is 0 Å². The van der Waals surface area contributed by atoms with Crippen molar-refractivity contribution in [1.29, 1.82) is 5.26 Å². The van der Waals surface area contributed by atoms with Crippen LogP contribution in [0.1, 0.15) is 74.9 Å². The Morgan fingerprint density at radius 2 is 1.95 bits per heavy atom. The number of aryl methyl sites for hydroxylation is 1. The van der Waals surface area contributed by atoms with Gasteiger partial charge in [-0.25, -0.2) is 4.52 Å². The van der Waals surface area contributed by atoms with Crippen LogP contribution in [0.4, 0.5) is 0 Å². The van der Waals surface area contributed by atoms with Gasteiger partial charge in [-0.05, 0) is 62.3 Å². The first kappa shape index (κ1) is 24.9. The van der Waals surface area contributed by atoms with Crippen LogP contribution in [0.3, 0.4) is 0 Å². The molecule has 0 radical (unpaired) electrons. The molecule has 1 atom stereocenters. The maximum absolute atomic E-state index is 14.2. The van der Waals surface area contributed by atoms with Gasteiger partial charge in [0.15, 0.2) is 0 Å². The molecule has 37 heavy (non-hydrogen) atoms. The Labute approximate surface area is 217 Å². The van der Waals surface area contributed by atoms with Gasteiger partial charge in [-0.2, -0.15) is 15.3 Å². The van der Waals surface area contributed by atoms with Crippen molar-refractivity contribution in [2.45, 2.75) is 70.9 Å². The molecular weight excluding hydrogens is 462 g/mol. The maximum Gasteiger partial charge on any atom is 0.259 e. The molecule has 0 bridgehead atoms. The molecule has 0 spiro atoms. The van der Waals surface area contributed by atoms with Crippen molar-refractivity contribution in [2.75, 3.05) is 6.61 Å². The Morgan fingerprint density at radius 3 is 2.68 bits per heavy atom. The van der Waals surface area contributed by atoms with Gasteiger partial charge in [-0.15, -0.1) is 0 Å². The summed E-state index contributed by atoms with van der Waals surface area (Å²) in [5.74, 6) is 0.617. The van der Waals surface area contributed by atoms with Gasteiger partial charge >= 0.3 is 0 Å². The summed E-state index contributed by atoms with van der Waals surface area (Å²) >= 11 is 0. The molecule has 2 aromatic heterocycles. The van der Waals surface area contributed by atoms with E-state index in [1.54, 1.807) is 6.33 Å². The Hall–Kier alpha value is -3.76. The summed E-state index contributed by atoms with van der Waals surface area (Å²) in [7, 11) is 0. The topological polar surface area (TPSA) is 85.2 Å². The maximum atomic E-state index is 14.2. The Bertz CT molecular complexity index is 1510. The zero-order valence-corrected chi connectivity index (χ0v) is 21.8. The van der Waals surface area contributed by atoms with E-state index in [2.05, 4.69) is 49.1 Å². The molecule has 5 rings (SSSR count). The summed E-state index contributed by atoms with van der Waals surface area (Å²) in [6, 6.07) is 18.1. The number of nitrogens with zero attached hydrogens (tertiary/aromatic N) is 5. The number of fused-ring (bicyclic) bond motifs is 1. The van der Waals surface area contributed by atoms with E-state index in [1.807, 2.05) is 45.5 Å². The van der Waals surface area contributed by atoms with Crippen LogP contribution >= 0.6 is 0 Å². The van der Waals surface area contributed by atoms with E-state index in [-0.39, 0.29) is 17.2 Å². The number of nitriles is 1. The third kappa shape index (κ3) is 4.94. The van der Waals surface area contributed by atoms with Crippen molar-refractivity contribution < 1.29 is 4.74 Å². The van der Waals surface area contributed by atoms with E-state index in [4.69, 9.17) is 4.74 Å². The summed E-state index contributed by atoms with van der Waals surface area (Å²) in [5.41, 5.74) is 5.04. The number of ether oxygens (including phenoxy) is 1. The van der Waals surface area contributed by atoms with Crippen LogP contribution in [0.15, 0.2) is 59.7 Å². The standard InChI is InChI=1S/C30H33N5O2/c1-4-5-10-27-26(17-21-11-13-22(14-12-21)25-9-7-6-8-23(25)19-31)28(36)34(29-32-20-33-35(27)29)24-15-16-37-30(2,3)18-24/h6-9,11-14,20,24H,4-5,10,15-18H2,1-3H3. The molecule has 4 aromatic rings. The molecular formula is C30H33N5O2. The normalized spacial score (nSPS) is 17.1. The summed E-state index contributed by atoms with van der Waals surface area (Å²) in [6.45, 7) is 6.92. The fourth-order valence-corrected chi connectivity index (χ4v) is 5.44. The monoisotopic (exact) mass is 495 g/mol. The quantitative estimate of drug-likeness (QED) is 0.338.